The molecule has 1 aromatic heterocycles. The number of aliphatic imine (C=N–C) groups is 1. The van der Waals surface area contributed by atoms with E-state index in [2.05, 4.69) is 54.6 Å². The highest BCUT2D eigenvalue weighted by Crippen LogP contribution is 2.50. The zero-order valence-electron chi connectivity index (χ0n) is 16.9. The maximum absolute atomic E-state index is 6.46. The predicted molar refractivity (Wildman–Crippen MR) is 118 cm³/mol. The van der Waals surface area contributed by atoms with Crippen LogP contribution in [-0.2, 0) is 13.0 Å². The lowest BCUT2D eigenvalue weighted by atomic mass is 10.00. The smallest absolute Gasteiger partial charge is 0.140 e. The van der Waals surface area contributed by atoms with E-state index < -0.39 is 0 Å². The van der Waals surface area contributed by atoms with Crippen LogP contribution in [0.15, 0.2) is 38.9 Å². The van der Waals surface area contributed by atoms with Gasteiger partial charge in [0.2, 0.25) is 0 Å². The molecular formula is C22H23ClN4OS. The van der Waals surface area contributed by atoms with E-state index >= 15 is 0 Å². The largest absolute Gasteiger partial charge is 0.487 e. The van der Waals surface area contributed by atoms with Gasteiger partial charge in [-0.1, -0.05) is 35.5 Å². The molecule has 0 saturated heterocycles. The first-order valence-electron chi connectivity index (χ1n) is 9.74. The van der Waals surface area contributed by atoms with Crippen LogP contribution < -0.4 is 15.4 Å². The van der Waals surface area contributed by atoms with Crippen molar-refractivity contribution in [1.29, 1.82) is 0 Å². The van der Waals surface area contributed by atoms with Gasteiger partial charge in [0.25, 0.3) is 0 Å². The Hall–Kier alpha value is -2.18. The Labute approximate surface area is 180 Å². The number of nitrogens with zero attached hydrogens (tertiary/aromatic N) is 2. The molecule has 1 atom stereocenters. The van der Waals surface area contributed by atoms with Gasteiger partial charge in [-0.2, -0.15) is 0 Å². The molecule has 2 N–H and O–H groups in total. The van der Waals surface area contributed by atoms with E-state index in [0.717, 1.165) is 49.8 Å². The molecule has 150 valence electrons. The van der Waals surface area contributed by atoms with Crippen LogP contribution >= 0.6 is 23.4 Å². The Morgan fingerprint density at radius 2 is 2.17 bits per heavy atom. The molecule has 5 rings (SSSR count). The van der Waals surface area contributed by atoms with Gasteiger partial charge >= 0.3 is 0 Å². The molecular weight excluding hydrogens is 404 g/mol. The van der Waals surface area contributed by atoms with Crippen molar-refractivity contribution in [2.45, 2.75) is 57.3 Å². The Balaban J connectivity index is 1.40. The minimum atomic E-state index is -0.123. The molecule has 7 heteroatoms. The van der Waals surface area contributed by atoms with Crippen molar-refractivity contribution in [2.24, 2.45) is 4.99 Å². The lowest BCUT2D eigenvalue weighted by Crippen LogP contribution is -2.27. The first-order valence-corrected chi connectivity index (χ1v) is 10.9. The van der Waals surface area contributed by atoms with E-state index in [-0.39, 0.29) is 11.6 Å². The molecule has 0 amide bonds. The van der Waals surface area contributed by atoms with Gasteiger partial charge < -0.3 is 15.4 Å². The van der Waals surface area contributed by atoms with E-state index in [1.807, 2.05) is 6.92 Å². The Kier molecular flexibility index (Phi) is 4.33. The van der Waals surface area contributed by atoms with Crippen molar-refractivity contribution < 1.29 is 4.74 Å². The van der Waals surface area contributed by atoms with Gasteiger partial charge in [0.1, 0.15) is 22.2 Å². The average Bonchev–Trinajstić information content (AvgIpc) is 3.19. The SMILES string of the molecule is Cc1nc2c(c(C)c1Cl)C1NC=NC(NCc3ccc4c(c3)CC(C)(C)O4)=C1S2. The van der Waals surface area contributed by atoms with Gasteiger partial charge in [0, 0.05) is 18.5 Å². The third-order valence-corrected chi connectivity index (χ3v) is 7.27. The van der Waals surface area contributed by atoms with Gasteiger partial charge in [0.15, 0.2) is 0 Å². The van der Waals surface area contributed by atoms with E-state index in [1.165, 1.54) is 11.1 Å². The number of rotatable bonds is 3. The maximum Gasteiger partial charge on any atom is 0.140 e. The number of nitrogens with one attached hydrogen (secondary N) is 2. The Bertz CT molecular complexity index is 1090. The number of hydrogen-bond acceptors (Lipinski definition) is 6. The highest BCUT2D eigenvalue weighted by Gasteiger charge is 2.36. The van der Waals surface area contributed by atoms with Gasteiger partial charge in [0.05, 0.1) is 28.0 Å². The average molecular weight is 427 g/mol. The second-order valence-corrected chi connectivity index (χ2v) is 9.77. The number of fused-ring (bicyclic) bond motifs is 4. The fourth-order valence-electron chi connectivity index (χ4n) is 4.20. The number of aromatic nitrogens is 1. The number of aryl methyl sites for hydroxylation is 1. The molecule has 0 saturated carbocycles. The van der Waals surface area contributed by atoms with Crippen molar-refractivity contribution in [3.63, 3.8) is 0 Å². The van der Waals surface area contributed by atoms with Crippen LogP contribution in [0.25, 0.3) is 0 Å². The Morgan fingerprint density at radius 3 is 3.00 bits per heavy atom. The van der Waals surface area contributed by atoms with Gasteiger partial charge in [-0.3, -0.25) is 0 Å². The highest BCUT2D eigenvalue weighted by atomic mass is 35.5. The van der Waals surface area contributed by atoms with Crippen LogP contribution in [0.1, 0.15) is 47.8 Å². The van der Waals surface area contributed by atoms with Crippen LogP contribution in [0, 0.1) is 13.8 Å². The molecule has 0 bridgehead atoms. The van der Waals surface area contributed by atoms with Crippen molar-refractivity contribution in [3.05, 3.63) is 61.9 Å². The molecule has 2 aromatic rings. The summed E-state index contributed by atoms with van der Waals surface area (Å²) in [5, 5.41) is 8.65. The number of benzene rings is 1. The van der Waals surface area contributed by atoms with Gasteiger partial charge in [-0.15, -0.1) is 0 Å². The molecule has 0 spiro atoms. The summed E-state index contributed by atoms with van der Waals surface area (Å²) < 4.78 is 5.98. The second kappa shape index (κ2) is 6.67. The molecule has 0 fully saturated rings. The summed E-state index contributed by atoms with van der Waals surface area (Å²) in [5.74, 6) is 1.89. The molecule has 3 aliphatic heterocycles. The summed E-state index contributed by atoms with van der Waals surface area (Å²) in [6.07, 6.45) is 2.70. The normalized spacial score (nSPS) is 20.7. The quantitative estimate of drug-likeness (QED) is 0.738. The van der Waals surface area contributed by atoms with Crippen molar-refractivity contribution in [3.8, 4) is 5.75 Å². The van der Waals surface area contributed by atoms with Crippen molar-refractivity contribution in [1.82, 2.24) is 15.6 Å². The molecule has 5 nitrogen and oxygen atoms in total. The first kappa shape index (κ1) is 18.8. The second-order valence-electron chi connectivity index (χ2n) is 8.36. The summed E-state index contributed by atoms with van der Waals surface area (Å²) in [6, 6.07) is 6.48. The summed E-state index contributed by atoms with van der Waals surface area (Å²) in [6.45, 7) is 8.97. The van der Waals surface area contributed by atoms with Gasteiger partial charge in [-0.25, -0.2) is 9.98 Å². The summed E-state index contributed by atoms with van der Waals surface area (Å²) in [7, 11) is 0. The molecule has 0 aliphatic carbocycles. The highest BCUT2D eigenvalue weighted by molar-refractivity contribution is 8.03. The van der Waals surface area contributed by atoms with E-state index in [4.69, 9.17) is 21.3 Å². The van der Waals surface area contributed by atoms with Crippen molar-refractivity contribution in [2.75, 3.05) is 0 Å². The number of pyridine rings is 1. The molecule has 1 unspecified atom stereocenters. The standard InChI is InChI=1S/C22H23ClN4OS/c1-11-16-18-19(29-21(16)27-12(2)17(11)23)20(26-10-25-18)24-9-13-5-6-15-14(7-13)8-22(3,4)28-15/h5-7,10,18,24H,8-9H2,1-4H3,(H,25,26). The van der Waals surface area contributed by atoms with Crippen LogP contribution in [0.2, 0.25) is 5.02 Å². The number of hydrogen-bond donors (Lipinski definition) is 2. The van der Waals surface area contributed by atoms with E-state index in [1.54, 1.807) is 18.1 Å². The number of ether oxygens (including phenoxy) is 1. The van der Waals surface area contributed by atoms with Crippen LogP contribution in [-0.4, -0.2) is 16.9 Å². The van der Waals surface area contributed by atoms with E-state index in [9.17, 15) is 0 Å². The monoisotopic (exact) mass is 426 g/mol. The molecule has 0 radical (unpaired) electrons. The third kappa shape index (κ3) is 3.19. The Morgan fingerprint density at radius 1 is 1.34 bits per heavy atom. The third-order valence-electron chi connectivity index (χ3n) is 5.56. The zero-order chi connectivity index (χ0) is 20.3. The summed E-state index contributed by atoms with van der Waals surface area (Å²) in [4.78, 5) is 10.4. The fourth-order valence-corrected chi connectivity index (χ4v) is 5.64. The lowest BCUT2D eigenvalue weighted by molar-refractivity contribution is 0.138. The zero-order valence-corrected chi connectivity index (χ0v) is 18.5. The number of thioether (sulfide) groups is 1. The lowest BCUT2D eigenvalue weighted by Gasteiger charge is -2.21. The molecule has 4 heterocycles. The molecule has 29 heavy (non-hydrogen) atoms. The van der Waals surface area contributed by atoms with Crippen molar-refractivity contribution >= 4 is 29.7 Å². The minimum absolute atomic E-state index is 0.0508. The molecule has 1 aromatic carbocycles. The van der Waals surface area contributed by atoms with Gasteiger partial charge in [-0.05, 0) is 50.5 Å². The molecule has 3 aliphatic rings. The fraction of sp³-hybridized carbons (Fsp3) is 0.364. The summed E-state index contributed by atoms with van der Waals surface area (Å²) >= 11 is 8.13. The topological polar surface area (TPSA) is 58.5 Å². The van der Waals surface area contributed by atoms with Crippen LogP contribution in [0.5, 0.6) is 5.75 Å². The first-order chi connectivity index (χ1) is 13.8. The van der Waals surface area contributed by atoms with Crippen LogP contribution in [0.3, 0.4) is 0 Å². The van der Waals surface area contributed by atoms with E-state index in [0.29, 0.717) is 6.54 Å². The predicted octanol–water partition coefficient (Wildman–Crippen LogP) is 4.80. The number of halogens is 1. The maximum atomic E-state index is 6.46. The summed E-state index contributed by atoms with van der Waals surface area (Å²) in [5.41, 5.74) is 5.48. The minimum Gasteiger partial charge on any atom is -0.487 e. The van der Waals surface area contributed by atoms with Crippen LogP contribution in [0.4, 0.5) is 0 Å².